The Bertz CT molecular complexity index is 639. The lowest BCUT2D eigenvalue weighted by Gasteiger charge is -2.16. The molecule has 0 aromatic heterocycles. The van der Waals surface area contributed by atoms with Crippen LogP contribution >= 0.6 is 12.4 Å². The highest BCUT2D eigenvalue weighted by molar-refractivity contribution is 7.89. The highest BCUT2D eigenvalue weighted by Gasteiger charge is 2.31. The van der Waals surface area contributed by atoms with E-state index < -0.39 is 21.7 Å². The molecule has 0 aliphatic carbocycles. The number of nitrogens with zero attached hydrogens (tertiary/aromatic N) is 1. The Morgan fingerprint density at radius 1 is 1.48 bits per heavy atom. The van der Waals surface area contributed by atoms with Crippen molar-refractivity contribution in [3.63, 3.8) is 0 Å². The van der Waals surface area contributed by atoms with Crippen molar-refractivity contribution in [1.29, 1.82) is 0 Å². The molecule has 1 heterocycles. The summed E-state index contributed by atoms with van der Waals surface area (Å²) in [7, 11) is -3.71. The summed E-state index contributed by atoms with van der Waals surface area (Å²) in [6.45, 7) is 1.81. The molecule has 1 atom stereocenters. The fraction of sp³-hybridized carbons (Fsp3) is 0.417. The molecule has 1 fully saturated rings. The van der Waals surface area contributed by atoms with Crippen LogP contribution in [-0.2, 0) is 14.8 Å². The standard InChI is InChI=1S/C12H16FN3O3S.ClH/c1-8(17)15-12-6-10(2-3-11(12)13)20(18,19)16-5-4-9(14)7-16;/h2-3,6,9H,4-5,7,14H2,1H3,(H,15,17);1H/t9-;/m1./s1. The number of halogens is 2. The van der Waals surface area contributed by atoms with Crippen LogP contribution < -0.4 is 11.1 Å². The topological polar surface area (TPSA) is 92.5 Å². The van der Waals surface area contributed by atoms with Gasteiger partial charge >= 0.3 is 0 Å². The van der Waals surface area contributed by atoms with Crippen LogP contribution in [0.15, 0.2) is 23.1 Å². The van der Waals surface area contributed by atoms with Crippen molar-refractivity contribution >= 4 is 34.0 Å². The third-order valence-electron chi connectivity index (χ3n) is 3.07. The van der Waals surface area contributed by atoms with Gasteiger partial charge in [-0.25, -0.2) is 12.8 Å². The largest absolute Gasteiger partial charge is 0.326 e. The first kappa shape index (κ1) is 17.8. The molecule has 6 nitrogen and oxygen atoms in total. The molecule has 1 aromatic carbocycles. The van der Waals surface area contributed by atoms with Crippen LogP contribution in [0.25, 0.3) is 0 Å². The number of rotatable bonds is 3. The van der Waals surface area contributed by atoms with E-state index in [2.05, 4.69) is 5.32 Å². The van der Waals surface area contributed by atoms with Crippen LogP contribution in [0.1, 0.15) is 13.3 Å². The van der Waals surface area contributed by atoms with E-state index in [0.29, 0.717) is 13.0 Å². The third kappa shape index (κ3) is 3.91. The summed E-state index contributed by atoms with van der Waals surface area (Å²) in [6.07, 6.45) is 0.596. The lowest BCUT2D eigenvalue weighted by Crippen LogP contribution is -2.32. The van der Waals surface area contributed by atoms with E-state index in [9.17, 15) is 17.6 Å². The van der Waals surface area contributed by atoms with E-state index in [1.54, 1.807) is 0 Å². The zero-order chi connectivity index (χ0) is 14.9. The molecule has 0 bridgehead atoms. The monoisotopic (exact) mass is 337 g/mol. The Labute approximate surface area is 129 Å². The molecule has 118 valence electrons. The van der Waals surface area contributed by atoms with Gasteiger partial charge in [0.25, 0.3) is 0 Å². The van der Waals surface area contributed by atoms with Gasteiger partial charge in [0.15, 0.2) is 0 Å². The summed E-state index contributed by atoms with van der Waals surface area (Å²) >= 11 is 0. The van der Waals surface area contributed by atoms with Gasteiger partial charge in [-0.2, -0.15) is 4.31 Å². The van der Waals surface area contributed by atoms with Crippen molar-refractivity contribution in [2.45, 2.75) is 24.3 Å². The number of benzene rings is 1. The second kappa shape index (κ2) is 6.69. The summed E-state index contributed by atoms with van der Waals surface area (Å²) in [6, 6.07) is 3.14. The van der Waals surface area contributed by atoms with Crippen molar-refractivity contribution in [3.8, 4) is 0 Å². The first-order valence-corrected chi connectivity index (χ1v) is 7.57. The molecule has 21 heavy (non-hydrogen) atoms. The lowest BCUT2D eigenvalue weighted by molar-refractivity contribution is -0.114. The zero-order valence-electron chi connectivity index (χ0n) is 11.4. The van der Waals surface area contributed by atoms with E-state index in [1.807, 2.05) is 0 Å². The molecule has 1 saturated heterocycles. The number of carbonyl (C=O) groups excluding carboxylic acids is 1. The van der Waals surface area contributed by atoms with Crippen molar-refractivity contribution < 1.29 is 17.6 Å². The quantitative estimate of drug-likeness (QED) is 0.858. The minimum atomic E-state index is -3.71. The predicted octanol–water partition coefficient (Wildman–Crippen LogP) is 0.928. The number of hydrogen-bond acceptors (Lipinski definition) is 4. The Hall–Kier alpha value is -1.22. The Balaban J connectivity index is 0.00000220. The molecule has 2 rings (SSSR count). The van der Waals surface area contributed by atoms with Crippen molar-refractivity contribution in [2.75, 3.05) is 18.4 Å². The third-order valence-corrected chi connectivity index (χ3v) is 4.93. The van der Waals surface area contributed by atoms with E-state index >= 15 is 0 Å². The molecule has 0 saturated carbocycles. The van der Waals surface area contributed by atoms with E-state index in [1.165, 1.54) is 17.3 Å². The minimum Gasteiger partial charge on any atom is -0.326 e. The van der Waals surface area contributed by atoms with E-state index in [-0.39, 0.29) is 35.6 Å². The van der Waals surface area contributed by atoms with Crippen LogP contribution in [0.4, 0.5) is 10.1 Å². The average molecular weight is 338 g/mol. The van der Waals surface area contributed by atoms with E-state index in [0.717, 1.165) is 12.1 Å². The van der Waals surface area contributed by atoms with Crippen molar-refractivity contribution in [2.24, 2.45) is 5.73 Å². The molecule has 0 radical (unpaired) electrons. The first-order chi connectivity index (χ1) is 9.30. The average Bonchev–Trinajstić information content (AvgIpc) is 2.78. The van der Waals surface area contributed by atoms with Crippen LogP contribution in [0.2, 0.25) is 0 Å². The maximum atomic E-state index is 13.5. The fourth-order valence-corrected chi connectivity index (χ4v) is 3.61. The number of amides is 1. The second-order valence-electron chi connectivity index (χ2n) is 4.73. The van der Waals surface area contributed by atoms with E-state index in [4.69, 9.17) is 5.73 Å². The van der Waals surface area contributed by atoms with Crippen molar-refractivity contribution in [1.82, 2.24) is 4.31 Å². The highest BCUT2D eigenvalue weighted by atomic mass is 35.5. The van der Waals surface area contributed by atoms with Gasteiger partial charge in [0.05, 0.1) is 10.6 Å². The lowest BCUT2D eigenvalue weighted by atomic mass is 10.3. The Kier molecular flexibility index (Phi) is 5.68. The molecule has 1 amide bonds. The van der Waals surface area contributed by atoms with Gasteiger partial charge in [0, 0.05) is 26.1 Å². The summed E-state index contributed by atoms with van der Waals surface area (Å²) in [5, 5.41) is 2.26. The summed E-state index contributed by atoms with van der Waals surface area (Å²) in [4.78, 5) is 10.9. The highest BCUT2D eigenvalue weighted by Crippen LogP contribution is 2.24. The Morgan fingerprint density at radius 2 is 2.14 bits per heavy atom. The second-order valence-corrected chi connectivity index (χ2v) is 6.67. The molecule has 9 heteroatoms. The number of hydrogen-bond donors (Lipinski definition) is 2. The molecule has 0 spiro atoms. The van der Waals surface area contributed by atoms with Crippen LogP contribution in [0.5, 0.6) is 0 Å². The normalized spacial score (nSPS) is 19.1. The van der Waals surface area contributed by atoms with Gasteiger partial charge in [0.1, 0.15) is 5.82 Å². The molecule has 1 aliphatic heterocycles. The Morgan fingerprint density at radius 3 is 2.67 bits per heavy atom. The first-order valence-electron chi connectivity index (χ1n) is 6.13. The number of anilines is 1. The van der Waals surface area contributed by atoms with Crippen LogP contribution in [-0.4, -0.2) is 37.8 Å². The molecule has 3 N–H and O–H groups in total. The summed E-state index contributed by atoms with van der Waals surface area (Å²) in [5.41, 5.74) is 5.55. The number of carbonyl (C=O) groups is 1. The molecule has 1 aliphatic rings. The number of nitrogens with two attached hydrogens (primary N) is 1. The van der Waals surface area contributed by atoms with Crippen LogP contribution in [0.3, 0.4) is 0 Å². The predicted molar refractivity (Wildman–Crippen MR) is 79.3 cm³/mol. The van der Waals surface area contributed by atoms with Gasteiger partial charge in [-0.1, -0.05) is 0 Å². The smallest absolute Gasteiger partial charge is 0.243 e. The maximum absolute atomic E-state index is 13.5. The molecule has 1 aromatic rings. The van der Waals surface area contributed by atoms with Gasteiger partial charge in [0.2, 0.25) is 15.9 Å². The van der Waals surface area contributed by atoms with Crippen molar-refractivity contribution in [3.05, 3.63) is 24.0 Å². The van der Waals surface area contributed by atoms with Gasteiger partial charge in [-0.15, -0.1) is 12.4 Å². The van der Waals surface area contributed by atoms with Gasteiger partial charge in [-0.3, -0.25) is 4.79 Å². The minimum absolute atomic E-state index is 0. The van der Waals surface area contributed by atoms with Gasteiger partial charge in [-0.05, 0) is 24.6 Å². The molecular formula is C12H17ClFN3O3S. The molecule has 0 unspecified atom stereocenters. The molecular weight excluding hydrogens is 321 g/mol. The number of nitrogens with one attached hydrogen (secondary N) is 1. The fourth-order valence-electron chi connectivity index (χ4n) is 2.07. The maximum Gasteiger partial charge on any atom is 0.243 e. The number of sulfonamides is 1. The van der Waals surface area contributed by atoms with Crippen LogP contribution in [0, 0.1) is 5.82 Å². The zero-order valence-corrected chi connectivity index (χ0v) is 13.0. The SMILES string of the molecule is CC(=O)Nc1cc(S(=O)(=O)N2CC[C@@H](N)C2)ccc1F.Cl. The summed E-state index contributed by atoms with van der Waals surface area (Å²) in [5.74, 6) is -1.15. The van der Waals surface area contributed by atoms with Gasteiger partial charge < -0.3 is 11.1 Å². The summed E-state index contributed by atoms with van der Waals surface area (Å²) < 4.78 is 39.5.